The second kappa shape index (κ2) is 12.5. The summed E-state index contributed by atoms with van der Waals surface area (Å²) in [5.74, 6) is 0. The molecule has 52 heavy (non-hydrogen) atoms. The van der Waals surface area contributed by atoms with Crippen molar-refractivity contribution < 1.29 is 17.8 Å². The van der Waals surface area contributed by atoms with Crippen molar-refractivity contribution in [1.82, 2.24) is 0 Å². The number of benzene rings is 10. The quantitative estimate of drug-likeness (QED) is 0.160. The summed E-state index contributed by atoms with van der Waals surface area (Å²) >= 11 is 0. The molecule has 0 nitrogen and oxygen atoms in total. The lowest BCUT2D eigenvalue weighted by molar-refractivity contribution is 1.60. The van der Waals surface area contributed by atoms with E-state index in [1.807, 2.05) is 54.6 Å². The maximum Gasteiger partial charge on any atom is 0.0629 e. The van der Waals surface area contributed by atoms with Crippen molar-refractivity contribution in [3.63, 3.8) is 0 Å². The predicted molar refractivity (Wildman–Crippen MR) is 224 cm³/mol. The second-order valence-corrected chi connectivity index (χ2v) is 12.6. The Morgan fingerprint density at radius 1 is 0.269 bits per heavy atom. The van der Waals surface area contributed by atoms with Gasteiger partial charge in [0.15, 0.2) is 0 Å². The monoisotopic (exact) mass is 671 g/mol. The van der Waals surface area contributed by atoms with Crippen molar-refractivity contribution >= 4 is 43.1 Å². The van der Waals surface area contributed by atoms with Crippen LogP contribution in [-0.2, 0) is 0 Å². The number of hydrogen-bond acceptors (Lipinski definition) is 0. The summed E-state index contributed by atoms with van der Waals surface area (Å²) in [4.78, 5) is 0. The summed E-state index contributed by atoms with van der Waals surface area (Å²) in [5.41, 5.74) is 5.69. The van der Waals surface area contributed by atoms with Crippen LogP contribution in [0.25, 0.3) is 98.7 Å². The molecule has 0 amide bonds. The zero-order valence-corrected chi connectivity index (χ0v) is 27.6. The molecule has 0 aliphatic rings. The molecular formula is C52H34. The van der Waals surface area contributed by atoms with E-state index in [4.69, 9.17) is 12.3 Å². The van der Waals surface area contributed by atoms with Crippen molar-refractivity contribution in [3.8, 4) is 55.6 Å². The summed E-state index contributed by atoms with van der Waals surface area (Å²) in [5, 5.41) is 2.70. The summed E-state index contributed by atoms with van der Waals surface area (Å²) in [6, 6.07) is 33.9. The Kier molecular flexibility index (Phi) is 4.72. The molecule has 0 saturated heterocycles. The molecule has 0 unspecified atom stereocenters. The zero-order valence-electron chi connectivity index (χ0n) is 40.6. The van der Waals surface area contributed by atoms with Crippen LogP contribution in [0.1, 0.15) is 17.8 Å². The van der Waals surface area contributed by atoms with E-state index in [0.29, 0.717) is 10.9 Å². The molecule has 0 fully saturated rings. The van der Waals surface area contributed by atoms with Crippen LogP contribution in [0.4, 0.5) is 0 Å². The molecule has 0 N–H and O–H groups in total. The van der Waals surface area contributed by atoms with E-state index in [9.17, 15) is 5.48 Å². The third-order valence-corrected chi connectivity index (χ3v) is 9.79. The van der Waals surface area contributed by atoms with Crippen molar-refractivity contribution in [1.29, 1.82) is 0 Å². The first-order chi connectivity index (χ1) is 31.2. The summed E-state index contributed by atoms with van der Waals surface area (Å²) in [6.07, 6.45) is 0. The van der Waals surface area contributed by atoms with Gasteiger partial charge in [0.25, 0.3) is 0 Å². The van der Waals surface area contributed by atoms with Gasteiger partial charge in [0, 0.05) is 0 Å². The molecule has 10 aromatic carbocycles. The van der Waals surface area contributed by atoms with Crippen LogP contribution >= 0.6 is 0 Å². The molecule has 0 bridgehead atoms. The smallest absolute Gasteiger partial charge is 0.0622 e. The second-order valence-electron chi connectivity index (χ2n) is 12.6. The van der Waals surface area contributed by atoms with Gasteiger partial charge in [-0.15, -0.1) is 0 Å². The maximum atomic E-state index is 9.44. The topological polar surface area (TPSA) is 0 Å². The lowest BCUT2D eigenvalue weighted by Crippen LogP contribution is -1.92. The Bertz CT molecular complexity index is 3570. The Morgan fingerprint density at radius 2 is 0.788 bits per heavy atom. The van der Waals surface area contributed by atoms with E-state index in [1.54, 1.807) is 12.1 Å². The van der Waals surface area contributed by atoms with Crippen LogP contribution in [0.5, 0.6) is 0 Å². The normalized spacial score (nSPS) is 15.0. The fourth-order valence-corrected chi connectivity index (χ4v) is 7.48. The Morgan fingerprint density at radius 3 is 1.48 bits per heavy atom. The Balaban J connectivity index is 1.31. The van der Waals surface area contributed by atoms with Crippen LogP contribution in [0.2, 0.25) is 0 Å². The van der Waals surface area contributed by atoms with Gasteiger partial charge in [0.05, 0.1) is 17.8 Å². The molecule has 0 heteroatoms. The molecule has 0 atom stereocenters. The molecule has 0 saturated carbocycles. The third-order valence-electron chi connectivity index (χ3n) is 9.79. The lowest BCUT2D eigenvalue weighted by atomic mass is 9.84. The van der Waals surface area contributed by atoms with E-state index in [1.165, 1.54) is 0 Å². The molecule has 0 aliphatic carbocycles. The summed E-state index contributed by atoms with van der Waals surface area (Å²) < 4.78 is 116. The molecule has 0 spiro atoms. The number of rotatable bonds is 5. The van der Waals surface area contributed by atoms with Gasteiger partial charge in [-0.05, 0) is 111 Å². The highest BCUT2D eigenvalue weighted by Gasteiger charge is 2.19. The Hall–Kier alpha value is -6.76. The summed E-state index contributed by atoms with van der Waals surface area (Å²) in [6.45, 7) is 0. The van der Waals surface area contributed by atoms with Crippen LogP contribution in [0.15, 0.2) is 206 Å². The molecule has 0 aromatic heterocycles. The van der Waals surface area contributed by atoms with Crippen molar-refractivity contribution in [2.45, 2.75) is 0 Å². The van der Waals surface area contributed by atoms with Gasteiger partial charge < -0.3 is 0 Å². The SMILES string of the molecule is [2H]c1c([2H])c([2H])c(-c2c3c([2H])c([2H])c([2H])c([2H])c3c(-c3cccc4c(-c5cc(-c6ccc(-c7ccccc7)cc6)c6ccccc6c5)cccc34)c3c([2H])c([2H])c([2H])c([2H])c23)c([2H])c1[2H]. The van der Waals surface area contributed by atoms with Crippen molar-refractivity contribution in [2.24, 2.45) is 0 Å². The minimum Gasteiger partial charge on any atom is -0.0622 e. The predicted octanol–water partition coefficient (Wildman–Crippen LogP) is 14.6. The molecule has 0 aliphatic heterocycles. The molecule has 10 rings (SSSR count). The van der Waals surface area contributed by atoms with E-state index < -0.39 is 84.1 Å². The first-order valence-electron chi connectivity index (χ1n) is 23.5. The largest absolute Gasteiger partial charge is 0.0629 e. The van der Waals surface area contributed by atoms with Gasteiger partial charge in [-0.2, -0.15) is 0 Å². The highest BCUT2D eigenvalue weighted by Crippen LogP contribution is 2.46. The lowest BCUT2D eigenvalue weighted by Gasteiger charge is -2.19. The van der Waals surface area contributed by atoms with Gasteiger partial charge >= 0.3 is 0 Å². The third kappa shape index (κ3) is 5.00. The fourth-order valence-electron chi connectivity index (χ4n) is 7.48. The van der Waals surface area contributed by atoms with Gasteiger partial charge in [-0.3, -0.25) is 0 Å². The van der Waals surface area contributed by atoms with E-state index in [-0.39, 0.29) is 32.7 Å². The molecule has 10 aromatic rings. The first kappa shape index (κ1) is 19.6. The van der Waals surface area contributed by atoms with E-state index in [0.717, 1.165) is 49.5 Å². The maximum absolute atomic E-state index is 9.44. The van der Waals surface area contributed by atoms with Gasteiger partial charge in [0.1, 0.15) is 0 Å². The average Bonchev–Trinajstić information content (AvgIpc) is 3.34. The van der Waals surface area contributed by atoms with Crippen LogP contribution in [0.3, 0.4) is 0 Å². The van der Waals surface area contributed by atoms with Gasteiger partial charge in [-0.1, -0.05) is 194 Å². The highest BCUT2D eigenvalue weighted by atomic mass is 14.2. The van der Waals surface area contributed by atoms with E-state index >= 15 is 0 Å². The molecular weight excluding hydrogens is 625 g/mol. The van der Waals surface area contributed by atoms with Crippen LogP contribution in [-0.4, -0.2) is 0 Å². The fraction of sp³-hybridized carbons (Fsp3) is 0. The van der Waals surface area contributed by atoms with Crippen molar-refractivity contribution in [2.75, 3.05) is 0 Å². The van der Waals surface area contributed by atoms with Crippen LogP contribution < -0.4 is 0 Å². The number of fused-ring (bicyclic) bond motifs is 4. The Labute approximate surface area is 322 Å². The molecule has 0 heterocycles. The van der Waals surface area contributed by atoms with Crippen molar-refractivity contribution in [3.05, 3.63) is 206 Å². The summed E-state index contributed by atoms with van der Waals surface area (Å²) in [7, 11) is 0. The molecule has 0 radical (unpaired) electrons. The zero-order chi connectivity index (χ0) is 45.7. The minimum atomic E-state index is -0.712. The van der Waals surface area contributed by atoms with Gasteiger partial charge in [-0.25, -0.2) is 0 Å². The molecule has 242 valence electrons. The standard InChI is InChI=1S/C52H34/c1-3-15-35(16-4-1)36-29-31-37(32-30-36)50-34-40(33-39-19-7-8-20-41(39)50)42-25-13-27-44-43(42)26-14-28-45(44)52-48-23-11-9-21-46(48)51(38-17-5-2-6-18-38)47-22-10-12-24-49(47)52/h1-34H/i2D,5D,6D,9D,10D,11D,12D,17D,18D,21D,22D,23D,24D. The van der Waals surface area contributed by atoms with Gasteiger partial charge in [0.2, 0.25) is 0 Å². The number of hydrogen-bond donors (Lipinski definition) is 0. The van der Waals surface area contributed by atoms with E-state index in [2.05, 4.69) is 60.7 Å². The average molecular weight is 672 g/mol. The first-order valence-corrected chi connectivity index (χ1v) is 17.0. The van der Waals surface area contributed by atoms with Crippen LogP contribution in [0, 0.1) is 0 Å². The minimum absolute atomic E-state index is 0.0885. The highest BCUT2D eigenvalue weighted by molar-refractivity contribution is 6.24.